The first kappa shape index (κ1) is 12.1. The van der Waals surface area contributed by atoms with Crippen LogP contribution in [-0.2, 0) is 25.7 Å². The van der Waals surface area contributed by atoms with Crippen LogP contribution in [0.4, 0.5) is 0 Å². The maximum Gasteiger partial charge on any atom is 0.0892 e. The molecule has 0 radical (unpaired) electrons. The third kappa shape index (κ3) is 1.78. The maximum absolute atomic E-state index is 4.82. The van der Waals surface area contributed by atoms with Gasteiger partial charge in [0, 0.05) is 11.4 Å². The summed E-state index contributed by atoms with van der Waals surface area (Å²) < 4.78 is 0. The number of aromatic nitrogens is 2. The summed E-state index contributed by atoms with van der Waals surface area (Å²) in [6, 6.07) is 4.55. The Balaban J connectivity index is 1.86. The molecule has 0 saturated heterocycles. The van der Waals surface area contributed by atoms with E-state index in [1.807, 2.05) is 0 Å². The van der Waals surface area contributed by atoms with Gasteiger partial charge in [-0.2, -0.15) is 0 Å². The van der Waals surface area contributed by atoms with Crippen molar-refractivity contribution in [3.63, 3.8) is 0 Å². The first-order valence-electron chi connectivity index (χ1n) is 7.71. The molecule has 20 heavy (non-hydrogen) atoms. The van der Waals surface area contributed by atoms with Crippen molar-refractivity contribution >= 4 is 0 Å². The second-order valence-electron chi connectivity index (χ2n) is 6.17. The van der Waals surface area contributed by atoms with E-state index in [0.29, 0.717) is 0 Å². The fourth-order valence-corrected chi connectivity index (χ4v) is 3.83. The zero-order valence-corrected chi connectivity index (χ0v) is 12.3. The molecule has 0 bridgehead atoms. The molecule has 0 aliphatic heterocycles. The molecule has 2 aliphatic carbocycles. The van der Waals surface area contributed by atoms with E-state index < -0.39 is 0 Å². The van der Waals surface area contributed by atoms with E-state index in [4.69, 9.17) is 9.97 Å². The summed E-state index contributed by atoms with van der Waals surface area (Å²) in [6.07, 6.45) is 7.36. The van der Waals surface area contributed by atoms with Crippen molar-refractivity contribution < 1.29 is 0 Å². The average molecular weight is 264 g/mol. The van der Waals surface area contributed by atoms with Crippen LogP contribution in [0.3, 0.4) is 0 Å². The standard InChI is InChI=1S/C18H20N2/c1-11-15-7-3-5-13(15)9-17(19-11)18-10-14-6-4-8-16(14)12(2)20-18/h9-10H,3-8H2,1-2H3. The lowest BCUT2D eigenvalue weighted by atomic mass is 10.0. The highest BCUT2D eigenvalue weighted by molar-refractivity contribution is 5.60. The van der Waals surface area contributed by atoms with Gasteiger partial charge in [-0.25, -0.2) is 0 Å². The van der Waals surface area contributed by atoms with E-state index in [2.05, 4.69) is 26.0 Å². The van der Waals surface area contributed by atoms with Gasteiger partial charge in [-0.3, -0.25) is 9.97 Å². The molecule has 2 nitrogen and oxygen atoms in total. The molecule has 0 spiro atoms. The van der Waals surface area contributed by atoms with Gasteiger partial charge >= 0.3 is 0 Å². The first-order valence-corrected chi connectivity index (χ1v) is 7.71. The van der Waals surface area contributed by atoms with Gasteiger partial charge < -0.3 is 0 Å². The fourth-order valence-electron chi connectivity index (χ4n) is 3.83. The first-order chi connectivity index (χ1) is 9.72. The van der Waals surface area contributed by atoms with Gasteiger partial charge in [0.1, 0.15) is 0 Å². The summed E-state index contributed by atoms with van der Waals surface area (Å²) in [5.74, 6) is 0. The fraction of sp³-hybridized carbons (Fsp3) is 0.444. The van der Waals surface area contributed by atoms with Gasteiger partial charge in [-0.05, 0) is 86.8 Å². The molecule has 2 aliphatic rings. The lowest BCUT2D eigenvalue weighted by Gasteiger charge is -2.10. The summed E-state index contributed by atoms with van der Waals surface area (Å²) in [5.41, 5.74) is 10.5. The van der Waals surface area contributed by atoms with Crippen LogP contribution in [0.25, 0.3) is 11.4 Å². The van der Waals surface area contributed by atoms with Gasteiger partial charge in [-0.1, -0.05) is 0 Å². The Kier molecular flexibility index (Phi) is 2.66. The number of hydrogen-bond acceptors (Lipinski definition) is 2. The molecule has 0 saturated carbocycles. The Morgan fingerprint density at radius 1 is 0.700 bits per heavy atom. The third-order valence-corrected chi connectivity index (χ3v) is 4.86. The number of pyridine rings is 2. The lowest BCUT2D eigenvalue weighted by Crippen LogP contribution is -1.99. The average Bonchev–Trinajstić information content (AvgIpc) is 3.06. The molecule has 0 N–H and O–H groups in total. The van der Waals surface area contributed by atoms with Crippen molar-refractivity contribution in [3.8, 4) is 11.4 Å². The van der Waals surface area contributed by atoms with Crippen LogP contribution in [0.5, 0.6) is 0 Å². The Labute approximate surface area is 120 Å². The molecule has 0 atom stereocenters. The second-order valence-corrected chi connectivity index (χ2v) is 6.17. The predicted octanol–water partition coefficient (Wildman–Crippen LogP) is 3.74. The second kappa shape index (κ2) is 4.41. The molecule has 0 amide bonds. The Bertz CT molecular complexity index is 640. The number of fused-ring (bicyclic) bond motifs is 2. The van der Waals surface area contributed by atoms with Gasteiger partial charge in [0.2, 0.25) is 0 Å². The van der Waals surface area contributed by atoms with E-state index >= 15 is 0 Å². The van der Waals surface area contributed by atoms with Crippen molar-refractivity contribution in [1.82, 2.24) is 9.97 Å². The van der Waals surface area contributed by atoms with Gasteiger partial charge in [-0.15, -0.1) is 0 Å². The highest BCUT2D eigenvalue weighted by atomic mass is 14.8. The highest BCUT2D eigenvalue weighted by Gasteiger charge is 2.19. The van der Waals surface area contributed by atoms with Crippen molar-refractivity contribution in [1.29, 1.82) is 0 Å². The van der Waals surface area contributed by atoms with Gasteiger partial charge in [0.25, 0.3) is 0 Å². The predicted molar refractivity (Wildman–Crippen MR) is 81.0 cm³/mol. The van der Waals surface area contributed by atoms with Gasteiger partial charge in [0.15, 0.2) is 0 Å². The van der Waals surface area contributed by atoms with Crippen LogP contribution in [-0.4, -0.2) is 9.97 Å². The summed E-state index contributed by atoms with van der Waals surface area (Å²) in [4.78, 5) is 9.64. The quantitative estimate of drug-likeness (QED) is 0.784. The number of nitrogens with zero attached hydrogens (tertiary/aromatic N) is 2. The molecule has 0 aromatic carbocycles. The van der Waals surface area contributed by atoms with Gasteiger partial charge in [0.05, 0.1) is 11.4 Å². The summed E-state index contributed by atoms with van der Waals surface area (Å²) in [5, 5.41) is 0. The van der Waals surface area contributed by atoms with Crippen molar-refractivity contribution in [2.45, 2.75) is 52.4 Å². The Morgan fingerprint density at radius 2 is 1.15 bits per heavy atom. The number of rotatable bonds is 1. The third-order valence-electron chi connectivity index (χ3n) is 4.86. The van der Waals surface area contributed by atoms with E-state index in [9.17, 15) is 0 Å². The minimum atomic E-state index is 1.07. The van der Waals surface area contributed by atoms with Crippen LogP contribution >= 0.6 is 0 Å². The normalized spacial score (nSPS) is 16.3. The number of aryl methyl sites for hydroxylation is 4. The minimum absolute atomic E-state index is 1.07. The molecule has 0 unspecified atom stereocenters. The zero-order chi connectivity index (χ0) is 13.7. The minimum Gasteiger partial charge on any atom is -0.251 e. The molecular formula is C18H20N2. The van der Waals surface area contributed by atoms with E-state index in [1.165, 1.54) is 72.2 Å². The molecule has 2 heteroatoms. The Hall–Kier alpha value is -1.70. The largest absolute Gasteiger partial charge is 0.251 e. The van der Waals surface area contributed by atoms with Crippen molar-refractivity contribution in [2.75, 3.05) is 0 Å². The van der Waals surface area contributed by atoms with Crippen LogP contribution in [0.15, 0.2) is 12.1 Å². The molecule has 2 aromatic rings. The summed E-state index contributed by atoms with van der Waals surface area (Å²) in [6.45, 7) is 4.29. The molecule has 2 heterocycles. The lowest BCUT2D eigenvalue weighted by molar-refractivity contribution is 0.907. The van der Waals surface area contributed by atoms with Crippen molar-refractivity contribution in [2.24, 2.45) is 0 Å². The Morgan fingerprint density at radius 3 is 1.60 bits per heavy atom. The molecule has 4 rings (SSSR count). The number of hydrogen-bond donors (Lipinski definition) is 0. The molecular weight excluding hydrogens is 244 g/mol. The monoisotopic (exact) mass is 264 g/mol. The van der Waals surface area contributed by atoms with E-state index in [0.717, 1.165) is 11.4 Å². The summed E-state index contributed by atoms with van der Waals surface area (Å²) in [7, 11) is 0. The maximum atomic E-state index is 4.82. The molecule has 0 fully saturated rings. The van der Waals surface area contributed by atoms with E-state index in [-0.39, 0.29) is 0 Å². The molecule has 2 aromatic heterocycles. The van der Waals surface area contributed by atoms with Crippen LogP contribution in [0.1, 0.15) is 46.5 Å². The smallest absolute Gasteiger partial charge is 0.0892 e. The topological polar surface area (TPSA) is 25.8 Å². The zero-order valence-electron chi connectivity index (χ0n) is 12.3. The SMILES string of the molecule is Cc1nc(-c2cc3c(c(C)n2)CCC3)cc2c1CCC2. The molecule has 102 valence electrons. The van der Waals surface area contributed by atoms with Crippen LogP contribution in [0.2, 0.25) is 0 Å². The van der Waals surface area contributed by atoms with Crippen LogP contribution < -0.4 is 0 Å². The van der Waals surface area contributed by atoms with Crippen LogP contribution in [0, 0.1) is 13.8 Å². The highest BCUT2D eigenvalue weighted by Crippen LogP contribution is 2.31. The summed E-state index contributed by atoms with van der Waals surface area (Å²) >= 11 is 0. The van der Waals surface area contributed by atoms with E-state index in [1.54, 1.807) is 0 Å². The van der Waals surface area contributed by atoms with Crippen molar-refractivity contribution in [3.05, 3.63) is 45.8 Å².